The number of anilines is 1. The third kappa shape index (κ3) is 4.52. The van der Waals surface area contributed by atoms with Crippen LogP contribution in [-0.2, 0) is 22.3 Å². The van der Waals surface area contributed by atoms with Crippen molar-refractivity contribution in [3.8, 4) is 0 Å². The van der Waals surface area contributed by atoms with Gasteiger partial charge in [0.15, 0.2) is 0 Å². The van der Waals surface area contributed by atoms with Gasteiger partial charge in [-0.1, -0.05) is 35.9 Å². The monoisotopic (exact) mass is 310 g/mol. The molecule has 0 aliphatic carbocycles. The summed E-state index contributed by atoms with van der Waals surface area (Å²) in [5.41, 5.74) is 7.69. The molecule has 2 aromatic carbocycles. The molecule has 3 N–H and O–H groups in total. The Kier molecular flexibility index (Phi) is 4.65. The minimum Gasteiger partial charge on any atom is -0.399 e. The molecule has 0 atom stereocenters. The van der Waals surface area contributed by atoms with Gasteiger partial charge in [-0.25, -0.2) is 13.1 Å². The van der Waals surface area contributed by atoms with Crippen LogP contribution in [0.15, 0.2) is 48.5 Å². The van der Waals surface area contributed by atoms with Gasteiger partial charge in [-0.05, 0) is 35.4 Å². The van der Waals surface area contributed by atoms with E-state index in [9.17, 15) is 8.42 Å². The summed E-state index contributed by atoms with van der Waals surface area (Å²) in [5.74, 6) is -0.0916. The van der Waals surface area contributed by atoms with Gasteiger partial charge in [-0.2, -0.15) is 0 Å². The quantitative estimate of drug-likeness (QED) is 0.834. The van der Waals surface area contributed by atoms with Crippen LogP contribution in [0.2, 0.25) is 5.02 Å². The van der Waals surface area contributed by atoms with E-state index in [-0.39, 0.29) is 12.3 Å². The highest BCUT2D eigenvalue weighted by Crippen LogP contribution is 2.12. The van der Waals surface area contributed by atoms with Gasteiger partial charge in [-0.3, -0.25) is 0 Å². The third-order valence-electron chi connectivity index (χ3n) is 2.72. The standard InChI is InChI=1S/C14H15ClN2O2S/c15-13-6-4-11(5-7-13)9-17-20(18,19)10-12-2-1-3-14(16)8-12/h1-8,17H,9-10,16H2. The Balaban J connectivity index is 1.99. The zero-order valence-corrected chi connectivity index (χ0v) is 12.3. The molecule has 0 saturated carbocycles. The van der Waals surface area contributed by atoms with Crippen molar-refractivity contribution in [3.63, 3.8) is 0 Å². The highest BCUT2D eigenvalue weighted by Gasteiger charge is 2.11. The molecule has 0 aliphatic heterocycles. The molecule has 0 aliphatic rings. The SMILES string of the molecule is Nc1cccc(CS(=O)(=O)NCc2ccc(Cl)cc2)c1. The van der Waals surface area contributed by atoms with Gasteiger partial charge in [0.25, 0.3) is 0 Å². The normalized spacial score (nSPS) is 11.4. The van der Waals surface area contributed by atoms with E-state index in [0.29, 0.717) is 16.3 Å². The maximum atomic E-state index is 12.0. The first kappa shape index (κ1) is 14.8. The topological polar surface area (TPSA) is 72.2 Å². The lowest BCUT2D eigenvalue weighted by Crippen LogP contribution is -2.24. The Morgan fingerprint density at radius 1 is 1.05 bits per heavy atom. The van der Waals surface area contributed by atoms with Gasteiger partial charge in [0.05, 0.1) is 5.75 Å². The van der Waals surface area contributed by atoms with Crippen LogP contribution in [0.4, 0.5) is 5.69 Å². The number of nitrogen functional groups attached to an aromatic ring is 1. The summed E-state index contributed by atoms with van der Waals surface area (Å²) in [6, 6.07) is 13.9. The van der Waals surface area contributed by atoms with Crippen molar-refractivity contribution in [2.75, 3.05) is 5.73 Å². The second-order valence-corrected chi connectivity index (χ2v) is 6.69. The smallest absolute Gasteiger partial charge is 0.216 e. The molecule has 0 radical (unpaired) electrons. The molecule has 0 saturated heterocycles. The molecule has 2 aromatic rings. The molecule has 0 fully saturated rings. The zero-order chi connectivity index (χ0) is 14.6. The van der Waals surface area contributed by atoms with E-state index < -0.39 is 10.0 Å². The number of nitrogens with two attached hydrogens (primary N) is 1. The van der Waals surface area contributed by atoms with Gasteiger partial charge < -0.3 is 5.73 Å². The molecule has 0 amide bonds. The van der Waals surface area contributed by atoms with Crippen molar-refractivity contribution in [2.24, 2.45) is 0 Å². The highest BCUT2D eigenvalue weighted by molar-refractivity contribution is 7.88. The molecule has 0 bridgehead atoms. The predicted molar refractivity (Wildman–Crippen MR) is 81.8 cm³/mol. The second kappa shape index (κ2) is 6.26. The van der Waals surface area contributed by atoms with Crippen LogP contribution in [0.3, 0.4) is 0 Å². The van der Waals surface area contributed by atoms with Gasteiger partial charge >= 0.3 is 0 Å². The number of nitrogens with one attached hydrogen (secondary N) is 1. The van der Waals surface area contributed by atoms with E-state index in [1.54, 1.807) is 48.5 Å². The molecular weight excluding hydrogens is 296 g/mol. The first-order valence-electron chi connectivity index (χ1n) is 6.01. The van der Waals surface area contributed by atoms with Crippen LogP contribution in [0.1, 0.15) is 11.1 Å². The molecule has 106 valence electrons. The van der Waals surface area contributed by atoms with E-state index in [1.165, 1.54) is 0 Å². The van der Waals surface area contributed by atoms with E-state index in [0.717, 1.165) is 5.56 Å². The number of benzene rings is 2. The van der Waals surface area contributed by atoms with Crippen molar-refractivity contribution >= 4 is 27.3 Å². The fourth-order valence-electron chi connectivity index (χ4n) is 1.75. The maximum Gasteiger partial charge on any atom is 0.216 e. The lowest BCUT2D eigenvalue weighted by molar-refractivity contribution is 0.580. The van der Waals surface area contributed by atoms with Crippen molar-refractivity contribution in [1.29, 1.82) is 0 Å². The van der Waals surface area contributed by atoms with Crippen molar-refractivity contribution < 1.29 is 8.42 Å². The Labute approximate surface area is 123 Å². The van der Waals surface area contributed by atoms with Crippen LogP contribution in [0.5, 0.6) is 0 Å². The second-order valence-electron chi connectivity index (χ2n) is 4.45. The summed E-state index contributed by atoms with van der Waals surface area (Å²) >= 11 is 5.77. The molecule has 2 rings (SSSR count). The van der Waals surface area contributed by atoms with Crippen LogP contribution in [0.25, 0.3) is 0 Å². The predicted octanol–water partition coefficient (Wildman–Crippen LogP) is 2.54. The Morgan fingerprint density at radius 2 is 1.75 bits per heavy atom. The zero-order valence-electron chi connectivity index (χ0n) is 10.7. The van der Waals surface area contributed by atoms with Crippen LogP contribution in [-0.4, -0.2) is 8.42 Å². The molecular formula is C14H15ClN2O2S. The minimum atomic E-state index is -3.40. The summed E-state index contributed by atoms with van der Waals surface area (Å²) in [6.45, 7) is 0.238. The summed E-state index contributed by atoms with van der Waals surface area (Å²) in [6.07, 6.45) is 0. The van der Waals surface area contributed by atoms with Crippen molar-refractivity contribution in [3.05, 3.63) is 64.7 Å². The number of halogens is 1. The van der Waals surface area contributed by atoms with E-state index in [1.807, 2.05) is 0 Å². The number of sulfonamides is 1. The summed E-state index contributed by atoms with van der Waals surface area (Å²) < 4.78 is 26.5. The van der Waals surface area contributed by atoms with Crippen LogP contribution >= 0.6 is 11.6 Å². The molecule has 20 heavy (non-hydrogen) atoms. The fraction of sp³-hybridized carbons (Fsp3) is 0.143. The highest BCUT2D eigenvalue weighted by atomic mass is 35.5. The molecule has 0 spiro atoms. The number of hydrogen-bond acceptors (Lipinski definition) is 3. The Bertz CT molecular complexity index is 685. The van der Waals surface area contributed by atoms with Crippen molar-refractivity contribution in [2.45, 2.75) is 12.3 Å². The van der Waals surface area contributed by atoms with Gasteiger partial charge in [0, 0.05) is 17.3 Å². The van der Waals surface area contributed by atoms with E-state index in [2.05, 4.69) is 4.72 Å². The molecule has 0 aromatic heterocycles. The molecule has 6 heteroatoms. The summed E-state index contributed by atoms with van der Waals surface area (Å²) in [4.78, 5) is 0. The lowest BCUT2D eigenvalue weighted by Gasteiger charge is -2.07. The lowest BCUT2D eigenvalue weighted by atomic mass is 10.2. The largest absolute Gasteiger partial charge is 0.399 e. The Morgan fingerprint density at radius 3 is 2.40 bits per heavy atom. The van der Waals surface area contributed by atoms with Gasteiger partial charge in [0.1, 0.15) is 0 Å². The minimum absolute atomic E-state index is 0.0916. The number of hydrogen-bond donors (Lipinski definition) is 2. The summed E-state index contributed by atoms with van der Waals surface area (Å²) in [5, 5.41) is 0.622. The van der Waals surface area contributed by atoms with E-state index in [4.69, 9.17) is 17.3 Å². The van der Waals surface area contributed by atoms with E-state index >= 15 is 0 Å². The first-order valence-corrected chi connectivity index (χ1v) is 8.04. The van der Waals surface area contributed by atoms with Gasteiger partial charge in [-0.15, -0.1) is 0 Å². The average molecular weight is 311 g/mol. The number of rotatable bonds is 5. The summed E-state index contributed by atoms with van der Waals surface area (Å²) in [7, 11) is -3.40. The average Bonchev–Trinajstić information content (AvgIpc) is 2.37. The van der Waals surface area contributed by atoms with Crippen LogP contribution in [0, 0.1) is 0 Å². The van der Waals surface area contributed by atoms with Crippen LogP contribution < -0.4 is 10.5 Å². The molecule has 4 nitrogen and oxygen atoms in total. The first-order chi connectivity index (χ1) is 9.44. The van der Waals surface area contributed by atoms with Crippen molar-refractivity contribution in [1.82, 2.24) is 4.72 Å². The Hall–Kier alpha value is -1.56. The molecule has 0 heterocycles. The maximum absolute atomic E-state index is 12.0. The fourth-order valence-corrected chi connectivity index (χ4v) is 2.98. The van der Waals surface area contributed by atoms with Gasteiger partial charge in [0.2, 0.25) is 10.0 Å². The molecule has 0 unspecified atom stereocenters. The third-order valence-corrected chi connectivity index (χ3v) is 4.27.